The molecule has 2 N–H and O–H groups in total. The average molecular weight is 280 g/mol. The van der Waals surface area contributed by atoms with Crippen molar-refractivity contribution in [3.8, 4) is 0 Å². The van der Waals surface area contributed by atoms with E-state index in [1.165, 1.54) is 0 Å². The molecule has 3 nitrogen and oxygen atoms in total. The molecule has 0 aromatic carbocycles. The summed E-state index contributed by atoms with van der Waals surface area (Å²) in [5.74, 6) is 0.433. The molecule has 2 aliphatic rings. The van der Waals surface area contributed by atoms with Crippen molar-refractivity contribution in [2.24, 2.45) is 11.7 Å². The summed E-state index contributed by atoms with van der Waals surface area (Å²) in [6, 6.07) is 0. The standard InChI is InChI=1S/C16H25FN2O/c1-11(2)13-8-14(12(3)15(20)9-13)19-6-4-16(17,10-18)5-7-19/h13H,1,4-10,18H2,2-3H3. The zero-order valence-electron chi connectivity index (χ0n) is 12.5. The number of Topliss-reactive ketones (excluding diaryl/α,β-unsaturated/α-hetero) is 1. The van der Waals surface area contributed by atoms with E-state index in [1.807, 2.05) is 13.8 Å². The molecule has 0 aromatic rings. The predicted molar refractivity (Wildman–Crippen MR) is 78.9 cm³/mol. The number of piperidine rings is 1. The van der Waals surface area contributed by atoms with Gasteiger partial charge < -0.3 is 10.6 Å². The lowest BCUT2D eigenvalue weighted by Crippen LogP contribution is -2.46. The molecule has 0 aromatic heterocycles. The largest absolute Gasteiger partial charge is 0.374 e. The number of alkyl halides is 1. The third-order valence-electron chi connectivity index (χ3n) is 4.83. The number of hydrogen-bond donors (Lipinski definition) is 1. The summed E-state index contributed by atoms with van der Waals surface area (Å²) in [5.41, 5.74) is 7.27. The molecule has 1 saturated heterocycles. The Kier molecular flexibility index (Phi) is 4.33. The van der Waals surface area contributed by atoms with Gasteiger partial charge in [-0.15, -0.1) is 0 Å². The van der Waals surface area contributed by atoms with E-state index in [4.69, 9.17) is 5.73 Å². The molecular weight excluding hydrogens is 255 g/mol. The SMILES string of the molecule is C=C(C)C1CC(=O)C(C)=C(N2CCC(F)(CN)CC2)C1. The van der Waals surface area contributed by atoms with Gasteiger partial charge in [0.15, 0.2) is 5.78 Å². The second-order valence-electron chi connectivity index (χ2n) is 6.29. The van der Waals surface area contributed by atoms with Crippen LogP contribution >= 0.6 is 0 Å². The molecule has 4 heteroatoms. The molecule has 112 valence electrons. The van der Waals surface area contributed by atoms with Crippen molar-refractivity contribution in [2.75, 3.05) is 19.6 Å². The third-order valence-corrected chi connectivity index (χ3v) is 4.83. The quantitative estimate of drug-likeness (QED) is 0.808. The number of halogens is 1. The van der Waals surface area contributed by atoms with E-state index in [0.29, 0.717) is 32.4 Å². The monoisotopic (exact) mass is 280 g/mol. The lowest BCUT2D eigenvalue weighted by molar-refractivity contribution is -0.116. The summed E-state index contributed by atoms with van der Waals surface area (Å²) in [4.78, 5) is 14.3. The number of carbonyl (C=O) groups is 1. The number of likely N-dealkylation sites (tertiary alicyclic amines) is 1. The normalized spacial score (nSPS) is 26.9. The summed E-state index contributed by atoms with van der Waals surface area (Å²) >= 11 is 0. The second-order valence-corrected chi connectivity index (χ2v) is 6.29. The molecule has 1 unspecified atom stereocenters. The lowest BCUT2D eigenvalue weighted by Gasteiger charge is -2.41. The molecule has 0 spiro atoms. The van der Waals surface area contributed by atoms with Gasteiger partial charge in [-0.25, -0.2) is 4.39 Å². The van der Waals surface area contributed by atoms with E-state index >= 15 is 0 Å². The van der Waals surface area contributed by atoms with Crippen LogP contribution in [0.15, 0.2) is 23.4 Å². The highest BCUT2D eigenvalue weighted by molar-refractivity contribution is 5.96. The minimum Gasteiger partial charge on any atom is -0.374 e. The van der Waals surface area contributed by atoms with E-state index in [-0.39, 0.29) is 18.2 Å². The summed E-state index contributed by atoms with van der Waals surface area (Å²) in [6.45, 7) is 9.25. The Morgan fingerprint density at radius 2 is 2.05 bits per heavy atom. The fourth-order valence-electron chi connectivity index (χ4n) is 3.09. The zero-order valence-corrected chi connectivity index (χ0v) is 12.5. The topological polar surface area (TPSA) is 46.3 Å². The Bertz CT molecular complexity index is 447. The van der Waals surface area contributed by atoms with E-state index < -0.39 is 5.67 Å². The summed E-state index contributed by atoms with van der Waals surface area (Å²) in [5, 5.41) is 0. The lowest BCUT2D eigenvalue weighted by atomic mass is 9.81. The van der Waals surface area contributed by atoms with E-state index in [9.17, 15) is 9.18 Å². The molecule has 1 atom stereocenters. The van der Waals surface area contributed by atoms with Crippen LogP contribution < -0.4 is 5.73 Å². The van der Waals surface area contributed by atoms with Crippen LogP contribution in [0.25, 0.3) is 0 Å². The van der Waals surface area contributed by atoms with Crippen molar-refractivity contribution >= 4 is 5.78 Å². The smallest absolute Gasteiger partial charge is 0.160 e. The van der Waals surface area contributed by atoms with Crippen molar-refractivity contribution < 1.29 is 9.18 Å². The first-order chi connectivity index (χ1) is 9.36. The zero-order chi connectivity index (χ0) is 14.9. The minimum atomic E-state index is -1.22. The Morgan fingerprint density at radius 3 is 2.55 bits per heavy atom. The van der Waals surface area contributed by atoms with E-state index in [1.54, 1.807) is 0 Å². The maximum absolute atomic E-state index is 14.2. The molecule has 1 aliphatic carbocycles. The van der Waals surface area contributed by atoms with Gasteiger partial charge in [-0.2, -0.15) is 0 Å². The van der Waals surface area contributed by atoms with Crippen molar-refractivity contribution in [2.45, 2.75) is 45.2 Å². The van der Waals surface area contributed by atoms with Gasteiger partial charge in [0.1, 0.15) is 5.67 Å². The third kappa shape index (κ3) is 2.95. The van der Waals surface area contributed by atoms with Crippen molar-refractivity contribution in [3.05, 3.63) is 23.4 Å². The molecular formula is C16H25FN2O. The van der Waals surface area contributed by atoms with Gasteiger partial charge in [0.25, 0.3) is 0 Å². The maximum Gasteiger partial charge on any atom is 0.160 e. The van der Waals surface area contributed by atoms with E-state index in [0.717, 1.165) is 23.3 Å². The molecule has 1 heterocycles. The van der Waals surface area contributed by atoms with Gasteiger partial charge in [0, 0.05) is 50.2 Å². The number of nitrogens with zero attached hydrogens (tertiary/aromatic N) is 1. The van der Waals surface area contributed by atoms with Crippen molar-refractivity contribution in [3.63, 3.8) is 0 Å². The average Bonchev–Trinajstić information content (AvgIpc) is 2.42. The maximum atomic E-state index is 14.2. The fourth-order valence-corrected chi connectivity index (χ4v) is 3.09. The molecule has 2 rings (SSSR count). The van der Waals surface area contributed by atoms with Crippen LogP contribution in [-0.2, 0) is 4.79 Å². The molecule has 1 fully saturated rings. The Balaban J connectivity index is 2.13. The highest BCUT2D eigenvalue weighted by Gasteiger charge is 2.36. The molecule has 0 saturated carbocycles. The van der Waals surface area contributed by atoms with Gasteiger partial charge >= 0.3 is 0 Å². The second kappa shape index (κ2) is 5.68. The Hall–Kier alpha value is -1.16. The molecule has 20 heavy (non-hydrogen) atoms. The van der Waals surface area contributed by atoms with Crippen LogP contribution in [0.4, 0.5) is 4.39 Å². The van der Waals surface area contributed by atoms with Crippen LogP contribution in [0, 0.1) is 5.92 Å². The fraction of sp³-hybridized carbons (Fsp3) is 0.688. The molecule has 0 bridgehead atoms. The van der Waals surface area contributed by atoms with Gasteiger partial charge in [-0.1, -0.05) is 12.2 Å². The molecule has 0 radical (unpaired) electrons. The predicted octanol–water partition coefficient (Wildman–Crippen LogP) is 2.58. The van der Waals surface area contributed by atoms with Crippen LogP contribution in [0.1, 0.15) is 39.5 Å². The number of allylic oxidation sites excluding steroid dienone is 3. The number of rotatable bonds is 3. The van der Waals surface area contributed by atoms with Crippen molar-refractivity contribution in [1.82, 2.24) is 4.90 Å². The van der Waals surface area contributed by atoms with E-state index in [2.05, 4.69) is 11.5 Å². The summed E-state index contributed by atoms with van der Waals surface area (Å²) in [7, 11) is 0. The summed E-state index contributed by atoms with van der Waals surface area (Å²) < 4.78 is 14.2. The van der Waals surface area contributed by atoms with Gasteiger partial charge in [-0.05, 0) is 26.2 Å². The number of ketones is 1. The number of carbonyl (C=O) groups excluding carboxylic acids is 1. The van der Waals surface area contributed by atoms with Crippen molar-refractivity contribution in [1.29, 1.82) is 0 Å². The Labute approximate surface area is 120 Å². The first kappa shape index (κ1) is 15.2. The highest BCUT2D eigenvalue weighted by Crippen LogP contribution is 2.36. The number of nitrogens with two attached hydrogens (primary N) is 1. The van der Waals surface area contributed by atoms with Crippen LogP contribution in [-0.4, -0.2) is 36.0 Å². The Morgan fingerprint density at radius 1 is 1.45 bits per heavy atom. The van der Waals surface area contributed by atoms with Crippen LogP contribution in [0.5, 0.6) is 0 Å². The van der Waals surface area contributed by atoms with Gasteiger partial charge in [-0.3, -0.25) is 4.79 Å². The summed E-state index contributed by atoms with van der Waals surface area (Å²) in [6.07, 6.45) is 2.32. The van der Waals surface area contributed by atoms with Crippen LogP contribution in [0.3, 0.4) is 0 Å². The molecule has 0 amide bonds. The molecule has 1 aliphatic heterocycles. The van der Waals surface area contributed by atoms with Crippen LogP contribution in [0.2, 0.25) is 0 Å². The number of hydrogen-bond acceptors (Lipinski definition) is 3. The highest BCUT2D eigenvalue weighted by atomic mass is 19.1. The van der Waals surface area contributed by atoms with Gasteiger partial charge in [0.2, 0.25) is 0 Å². The minimum absolute atomic E-state index is 0.0895. The first-order valence-corrected chi connectivity index (χ1v) is 7.38. The van der Waals surface area contributed by atoms with Gasteiger partial charge in [0.05, 0.1) is 0 Å². The first-order valence-electron chi connectivity index (χ1n) is 7.38.